The van der Waals surface area contributed by atoms with E-state index in [1.54, 1.807) is 35.0 Å². The van der Waals surface area contributed by atoms with Gasteiger partial charge >= 0.3 is 0 Å². The van der Waals surface area contributed by atoms with Crippen molar-refractivity contribution < 1.29 is 13.2 Å². The molecule has 10 heteroatoms. The predicted molar refractivity (Wildman–Crippen MR) is 124 cm³/mol. The summed E-state index contributed by atoms with van der Waals surface area (Å²) in [6, 6.07) is 10.0. The fourth-order valence-corrected chi connectivity index (χ4v) is 4.02. The lowest BCUT2D eigenvalue weighted by Crippen LogP contribution is -2.29. The van der Waals surface area contributed by atoms with Crippen LogP contribution in [-0.4, -0.2) is 48.1 Å². The van der Waals surface area contributed by atoms with Crippen LogP contribution in [0.4, 0.5) is 5.82 Å². The van der Waals surface area contributed by atoms with Crippen LogP contribution >= 0.6 is 0 Å². The van der Waals surface area contributed by atoms with E-state index >= 15 is 0 Å². The van der Waals surface area contributed by atoms with Crippen molar-refractivity contribution in [3.05, 3.63) is 53.3 Å². The van der Waals surface area contributed by atoms with Crippen LogP contribution in [0.1, 0.15) is 36.7 Å². The number of sulfonamides is 1. The average molecular weight is 459 g/mol. The highest BCUT2D eigenvalue weighted by Crippen LogP contribution is 2.17. The van der Waals surface area contributed by atoms with Gasteiger partial charge in [-0.25, -0.2) is 17.8 Å². The van der Waals surface area contributed by atoms with Gasteiger partial charge in [0.05, 0.1) is 17.2 Å². The molecule has 0 spiro atoms. The van der Waals surface area contributed by atoms with Crippen molar-refractivity contribution in [1.82, 2.24) is 24.7 Å². The summed E-state index contributed by atoms with van der Waals surface area (Å²) < 4.78 is 34.8. The fourth-order valence-electron chi connectivity index (χ4n) is 2.98. The molecule has 0 amide bonds. The normalized spacial score (nSPS) is 11.5. The van der Waals surface area contributed by atoms with E-state index in [4.69, 9.17) is 4.74 Å². The van der Waals surface area contributed by atoms with Crippen molar-refractivity contribution in [3.63, 3.8) is 0 Å². The Morgan fingerprint density at radius 2 is 1.75 bits per heavy atom. The highest BCUT2D eigenvalue weighted by Gasteiger charge is 2.14. The molecule has 172 valence electrons. The number of nitrogens with zero attached hydrogens (tertiary/aromatic N) is 4. The lowest BCUT2D eigenvalue weighted by molar-refractivity contribution is 0.309. The van der Waals surface area contributed by atoms with Crippen LogP contribution in [0.5, 0.6) is 5.75 Å². The Labute approximate surface area is 189 Å². The van der Waals surface area contributed by atoms with Gasteiger partial charge < -0.3 is 10.1 Å². The van der Waals surface area contributed by atoms with Gasteiger partial charge in [0.2, 0.25) is 10.0 Å². The molecule has 2 N–H and O–H groups in total. The number of benzene rings is 1. The number of ether oxygens (including phenoxy) is 1. The molecule has 9 nitrogen and oxygen atoms in total. The van der Waals surface area contributed by atoms with Gasteiger partial charge in [0.1, 0.15) is 11.6 Å². The number of hydrogen-bond donors (Lipinski definition) is 2. The second-order valence-corrected chi connectivity index (χ2v) is 9.25. The molecule has 3 aromatic rings. The molecule has 0 aliphatic carbocycles. The van der Waals surface area contributed by atoms with Gasteiger partial charge in [0, 0.05) is 18.8 Å². The quantitative estimate of drug-likeness (QED) is 0.425. The highest BCUT2D eigenvalue weighted by atomic mass is 32.2. The van der Waals surface area contributed by atoms with Gasteiger partial charge in [-0.2, -0.15) is 5.10 Å². The first-order chi connectivity index (χ1) is 15.3. The maximum absolute atomic E-state index is 12.5. The molecular weight excluding hydrogens is 428 g/mol. The smallest absolute Gasteiger partial charge is 0.240 e. The predicted octanol–water partition coefficient (Wildman–Crippen LogP) is 3.16. The lowest BCUT2D eigenvalue weighted by atomic mass is 10.2. The second kappa shape index (κ2) is 10.6. The molecule has 3 rings (SSSR count). The topological polar surface area (TPSA) is 111 Å². The Morgan fingerprint density at radius 3 is 2.34 bits per heavy atom. The van der Waals surface area contributed by atoms with Crippen LogP contribution < -0.4 is 14.8 Å². The summed E-state index contributed by atoms with van der Waals surface area (Å²) in [5.41, 5.74) is 3.10. The van der Waals surface area contributed by atoms with Crippen molar-refractivity contribution in [3.8, 4) is 11.6 Å². The van der Waals surface area contributed by atoms with Crippen LogP contribution in [0.2, 0.25) is 0 Å². The Bertz CT molecular complexity index is 1130. The monoisotopic (exact) mass is 458 g/mol. The summed E-state index contributed by atoms with van der Waals surface area (Å²) in [5, 5.41) is 15.9. The van der Waals surface area contributed by atoms with E-state index < -0.39 is 10.0 Å². The van der Waals surface area contributed by atoms with E-state index in [0.717, 1.165) is 29.8 Å². The summed E-state index contributed by atoms with van der Waals surface area (Å²) in [5.74, 6) is 1.85. The molecule has 1 aromatic carbocycles. The minimum Gasteiger partial charge on any atom is -0.494 e. The van der Waals surface area contributed by atoms with Crippen LogP contribution in [0, 0.1) is 20.8 Å². The van der Waals surface area contributed by atoms with Gasteiger partial charge in [-0.1, -0.05) is 13.3 Å². The van der Waals surface area contributed by atoms with Crippen LogP contribution in [0.3, 0.4) is 0 Å². The maximum Gasteiger partial charge on any atom is 0.240 e. The third-order valence-corrected chi connectivity index (χ3v) is 6.62. The van der Waals surface area contributed by atoms with Gasteiger partial charge in [0.15, 0.2) is 5.82 Å². The van der Waals surface area contributed by atoms with Crippen LogP contribution in [-0.2, 0) is 10.0 Å². The van der Waals surface area contributed by atoms with Crippen LogP contribution in [0.25, 0.3) is 5.82 Å². The Hall–Kier alpha value is -2.98. The molecule has 0 radical (unpaired) electrons. The van der Waals surface area contributed by atoms with Crippen molar-refractivity contribution in [2.75, 3.05) is 25.0 Å². The van der Waals surface area contributed by atoms with E-state index in [9.17, 15) is 8.42 Å². The summed E-state index contributed by atoms with van der Waals surface area (Å²) >= 11 is 0. The second-order valence-electron chi connectivity index (χ2n) is 7.48. The molecule has 0 aliphatic heterocycles. The van der Waals surface area contributed by atoms with E-state index in [-0.39, 0.29) is 11.4 Å². The summed E-state index contributed by atoms with van der Waals surface area (Å²) in [4.78, 5) is 0.199. The largest absolute Gasteiger partial charge is 0.494 e. The summed E-state index contributed by atoms with van der Waals surface area (Å²) in [7, 11) is -3.60. The zero-order chi connectivity index (χ0) is 23.1. The SMILES string of the molecule is CCCCOc1ccc(S(=O)(=O)NCCNc2ccc(-n3nc(C)c(C)c3C)nn2)cc1. The molecule has 32 heavy (non-hydrogen) atoms. The molecule has 2 aromatic heterocycles. The van der Waals surface area contributed by atoms with Gasteiger partial charge in [0.25, 0.3) is 0 Å². The molecule has 0 saturated heterocycles. The summed E-state index contributed by atoms with van der Waals surface area (Å²) in [6.07, 6.45) is 2.01. The zero-order valence-corrected chi connectivity index (χ0v) is 19.7. The molecule has 0 aliphatic rings. The third kappa shape index (κ3) is 5.83. The number of anilines is 1. The standard InChI is InChI=1S/C22H30N6O3S/c1-5-6-15-31-19-7-9-20(10-8-19)32(29,30)24-14-13-23-21-11-12-22(26-25-21)28-18(4)16(2)17(3)27-28/h7-12,24H,5-6,13-15H2,1-4H3,(H,23,25). The van der Waals surface area contributed by atoms with Gasteiger partial charge in [-0.3, -0.25) is 0 Å². The first-order valence-electron chi connectivity index (χ1n) is 10.6. The Kier molecular flexibility index (Phi) is 7.81. The zero-order valence-electron chi connectivity index (χ0n) is 18.9. The van der Waals surface area contributed by atoms with Crippen LogP contribution in [0.15, 0.2) is 41.3 Å². The molecule has 0 bridgehead atoms. The number of aryl methyl sites for hydroxylation is 1. The number of nitrogens with one attached hydrogen (secondary N) is 2. The average Bonchev–Trinajstić information content (AvgIpc) is 3.05. The van der Waals surface area contributed by atoms with E-state index in [1.807, 2.05) is 26.8 Å². The van der Waals surface area contributed by atoms with Crippen molar-refractivity contribution in [2.45, 2.75) is 45.4 Å². The number of unbranched alkanes of at least 4 members (excludes halogenated alkanes) is 1. The van der Waals surface area contributed by atoms with E-state index in [2.05, 4.69) is 32.3 Å². The highest BCUT2D eigenvalue weighted by molar-refractivity contribution is 7.89. The summed E-state index contributed by atoms with van der Waals surface area (Å²) in [6.45, 7) is 9.25. The minimum absolute atomic E-state index is 0.199. The first-order valence-corrected chi connectivity index (χ1v) is 12.1. The Balaban J connectivity index is 1.49. The molecule has 0 atom stereocenters. The molecule has 0 unspecified atom stereocenters. The number of hydrogen-bond acceptors (Lipinski definition) is 7. The third-order valence-electron chi connectivity index (χ3n) is 5.14. The van der Waals surface area contributed by atoms with Gasteiger partial charge in [-0.05, 0) is 69.2 Å². The van der Waals surface area contributed by atoms with E-state index in [0.29, 0.717) is 30.5 Å². The fraction of sp³-hybridized carbons (Fsp3) is 0.409. The molecule has 2 heterocycles. The number of aromatic nitrogens is 4. The molecule has 0 fully saturated rings. The van der Waals surface area contributed by atoms with Crippen molar-refractivity contribution in [1.29, 1.82) is 0 Å². The molecule has 0 saturated carbocycles. The van der Waals surface area contributed by atoms with E-state index in [1.165, 1.54) is 0 Å². The molecular formula is C22H30N6O3S. The lowest BCUT2D eigenvalue weighted by Gasteiger charge is -2.10. The minimum atomic E-state index is -3.60. The Morgan fingerprint density at radius 1 is 1.00 bits per heavy atom. The number of rotatable bonds is 11. The maximum atomic E-state index is 12.5. The van der Waals surface area contributed by atoms with Crippen molar-refractivity contribution in [2.24, 2.45) is 0 Å². The first kappa shape index (κ1) is 23.7. The van der Waals surface area contributed by atoms with Gasteiger partial charge in [-0.15, -0.1) is 10.2 Å². The van der Waals surface area contributed by atoms with Crippen molar-refractivity contribution >= 4 is 15.8 Å².